The summed E-state index contributed by atoms with van der Waals surface area (Å²) in [5.41, 5.74) is 6.84. The first-order chi connectivity index (χ1) is 6.27. The molecule has 3 heteroatoms. The van der Waals surface area contributed by atoms with Gasteiger partial charge in [-0.1, -0.05) is 18.2 Å². The van der Waals surface area contributed by atoms with Crippen molar-refractivity contribution in [2.45, 2.75) is 17.7 Å². The monoisotopic (exact) mass is 195 g/mol. The van der Waals surface area contributed by atoms with Gasteiger partial charge in [-0.25, -0.2) is 0 Å². The van der Waals surface area contributed by atoms with Crippen LogP contribution in [0, 0.1) is 0 Å². The first kappa shape index (κ1) is 8.91. The molecule has 2 rings (SSSR count). The Kier molecular flexibility index (Phi) is 2.47. The van der Waals surface area contributed by atoms with Crippen molar-refractivity contribution in [3.63, 3.8) is 0 Å². The molecule has 1 aliphatic heterocycles. The number of hydrogen-bond acceptors (Lipinski definition) is 3. The lowest BCUT2D eigenvalue weighted by Crippen LogP contribution is -2.17. The molecule has 13 heavy (non-hydrogen) atoms. The molecule has 1 fully saturated rings. The van der Waals surface area contributed by atoms with Crippen LogP contribution in [0.3, 0.4) is 0 Å². The van der Waals surface area contributed by atoms with Gasteiger partial charge in [-0.15, -0.1) is 0 Å². The molecule has 0 radical (unpaired) electrons. The molecule has 0 amide bonds. The van der Waals surface area contributed by atoms with Crippen LogP contribution in [0.1, 0.15) is 17.2 Å². The number of para-hydroxylation sites is 1. The van der Waals surface area contributed by atoms with Crippen LogP contribution in [0.25, 0.3) is 0 Å². The van der Waals surface area contributed by atoms with Gasteiger partial charge >= 0.3 is 0 Å². The molecule has 1 aromatic rings. The third-order valence-corrected chi connectivity index (χ3v) is 3.78. The molecule has 0 bridgehead atoms. The molecule has 3 N–H and O–H groups in total. The lowest BCUT2D eigenvalue weighted by molar-refractivity contribution is 0.466. The number of phenolic OH excluding ortho intramolecular Hbond substituents is 1. The van der Waals surface area contributed by atoms with Gasteiger partial charge in [0.2, 0.25) is 0 Å². The van der Waals surface area contributed by atoms with E-state index in [4.69, 9.17) is 5.73 Å². The molecule has 0 aromatic heterocycles. The summed E-state index contributed by atoms with van der Waals surface area (Å²) in [5, 5.41) is 9.99. The van der Waals surface area contributed by atoms with Gasteiger partial charge in [0.15, 0.2) is 0 Å². The number of thioether (sulfide) groups is 1. The quantitative estimate of drug-likeness (QED) is 0.719. The summed E-state index contributed by atoms with van der Waals surface area (Å²) in [5.74, 6) is 1.40. The summed E-state index contributed by atoms with van der Waals surface area (Å²) in [6, 6.07) is 7.80. The van der Waals surface area contributed by atoms with E-state index in [9.17, 15) is 5.11 Å². The van der Waals surface area contributed by atoms with Gasteiger partial charge < -0.3 is 10.8 Å². The smallest absolute Gasteiger partial charge is 0.119 e. The summed E-state index contributed by atoms with van der Waals surface area (Å²) in [7, 11) is 0. The summed E-state index contributed by atoms with van der Waals surface area (Å²) < 4.78 is 0. The van der Waals surface area contributed by atoms with Crippen molar-refractivity contribution in [1.29, 1.82) is 0 Å². The Morgan fingerprint density at radius 1 is 1.38 bits per heavy atom. The minimum absolute atomic E-state index is 0.287. The topological polar surface area (TPSA) is 46.2 Å². The molecule has 2 nitrogen and oxygen atoms in total. The highest BCUT2D eigenvalue weighted by atomic mass is 32.2. The SMILES string of the molecule is NC1CSC(c2ccccc2O)C1. The summed E-state index contributed by atoms with van der Waals surface area (Å²) in [4.78, 5) is 0. The van der Waals surface area contributed by atoms with Crippen molar-refractivity contribution < 1.29 is 5.11 Å². The van der Waals surface area contributed by atoms with Gasteiger partial charge in [-0.05, 0) is 12.5 Å². The normalized spacial score (nSPS) is 27.8. The fourth-order valence-electron chi connectivity index (χ4n) is 1.63. The second-order valence-corrected chi connectivity index (χ2v) is 4.61. The summed E-state index contributed by atoms with van der Waals surface area (Å²) in [6.45, 7) is 0. The number of benzene rings is 1. The summed E-state index contributed by atoms with van der Waals surface area (Å²) >= 11 is 1.83. The minimum atomic E-state index is 0.287. The van der Waals surface area contributed by atoms with E-state index in [1.165, 1.54) is 0 Å². The maximum atomic E-state index is 9.60. The van der Waals surface area contributed by atoms with E-state index in [1.807, 2.05) is 30.0 Å². The number of hydrogen-bond donors (Lipinski definition) is 2. The summed E-state index contributed by atoms with van der Waals surface area (Å²) in [6.07, 6.45) is 0.974. The van der Waals surface area contributed by atoms with Crippen molar-refractivity contribution in [2.24, 2.45) is 5.73 Å². The highest BCUT2D eigenvalue weighted by Gasteiger charge is 2.25. The van der Waals surface area contributed by atoms with E-state index >= 15 is 0 Å². The first-order valence-corrected chi connectivity index (χ1v) is 5.47. The maximum absolute atomic E-state index is 9.60. The highest BCUT2D eigenvalue weighted by Crippen LogP contribution is 2.42. The molecule has 0 aliphatic carbocycles. The second-order valence-electron chi connectivity index (χ2n) is 3.38. The van der Waals surface area contributed by atoms with Crippen molar-refractivity contribution in [3.05, 3.63) is 29.8 Å². The average Bonchev–Trinajstić information content (AvgIpc) is 2.53. The molecule has 1 heterocycles. The molecular formula is C10H13NOS. The third-order valence-electron chi connectivity index (χ3n) is 2.31. The van der Waals surface area contributed by atoms with Crippen molar-refractivity contribution in [3.8, 4) is 5.75 Å². The molecule has 0 saturated carbocycles. The van der Waals surface area contributed by atoms with Gasteiger partial charge in [0.1, 0.15) is 5.75 Å². The van der Waals surface area contributed by atoms with E-state index in [2.05, 4.69) is 0 Å². The molecule has 0 spiro atoms. The molecule has 1 aliphatic rings. The Hall–Kier alpha value is -0.670. The van der Waals surface area contributed by atoms with E-state index in [0.29, 0.717) is 11.0 Å². The van der Waals surface area contributed by atoms with E-state index in [0.717, 1.165) is 17.7 Å². The number of aromatic hydroxyl groups is 1. The van der Waals surface area contributed by atoms with Crippen LogP contribution in [0.4, 0.5) is 0 Å². The molecule has 2 unspecified atom stereocenters. The highest BCUT2D eigenvalue weighted by molar-refractivity contribution is 7.99. The Morgan fingerprint density at radius 2 is 2.15 bits per heavy atom. The Labute approximate surface area is 82.1 Å². The number of phenols is 1. The Morgan fingerprint density at radius 3 is 2.77 bits per heavy atom. The van der Waals surface area contributed by atoms with E-state index in [1.54, 1.807) is 6.07 Å². The van der Waals surface area contributed by atoms with Crippen LogP contribution in [0.5, 0.6) is 5.75 Å². The van der Waals surface area contributed by atoms with Gasteiger partial charge in [0.25, 0.3) is 0 Å². The zero-order valence-corrected chi connectivity index (χ0v) is 8.13. The standard InChI is InChI=1S/C10H13NOS/c11-7-5-10(13-6-7)8-3-1-2-4-9(8)12/h1-4,7,10,12H,5-6,11H2. The van der Waals surface area contributed by atoms with Gasteiger partial charge in [-0.2, -0.15) is 11.8 Å². The lowest BCUT2D eigenvalue weighted by atomic mass is 10.1. The Bertz CT molecular complexity index is 303. The molecule has 1 aromatic carbocycles. The van der Waals surface area contributed by atoms with Crippen molar-refractivity contribution in [1.82, 2.24) is 0 Å². The van der Waals surface area contributed by atoms with E-state index < -0.39 is 0 Å². The number of nitrogens with two attached hydrogens (primary N) is 1. The third kappa shape index (κ3) is 1.81. The average molecular weight is 195 g/mol. The van der Waals surface area contributed by atoms with Crippen LogP contribution < -0.4 is 5.73 Å². The maximum Gasteiger partial charge on any atom is 0.119 e. The van der Waals surface area contributed by atoms with Gasteiger partial charge in [-0.3, -0.25) is 0 Å². The van der Waals surface area contributed by atoms with Crippen LogP contribution in [-0.2, 0) is 0 Å². The predicted octanol–water partition coefficient (Wildman–Crippen LogP) is 1.90. The predicted molar refractivity (Wildman–Crippen MR) is 55.9 cm³/mol. The largest absolute Gasteiger partial charge is 0.508 e. The zero-order chi connectivity index (χ0) is 9.26. The van der Waals surface area contributed by atoms with Crippen LogP contribution in [0.2, 0.25) is 0 Å². The van der Waals surface area contributed by atoms with E-state index in [-0.39, 0.29) is 6.04 Å². The zero-order valence-electron chi connectivity index (χ0n) is 7.31. The molecule has 1 saturated heterocycles. The first-order valence-electron chi connectivity index (χ1n) is 4.42. The fourth-order valence-corrected chi connectivity index (χ4v) is 3.01. The van der Waals surface area contributed by atoms with Crippen LogP contribution >= 0.6 is 11.8 Å². The van der Waals surface area contributed by atoms with Crippen LogP contribution in [0.15, 0.2) is 24.3 Å². The van der Waals surface area contributed by atoms with Crippen molar-refractivity contribution >= 4 is 11.8 Å². The Balaban J connectivity index is 2.21. The molecule has 70 valence electrons. The molecule has 2 atom stereocenters. The van der Waals surface area contributed by atoms with Crippen LogP contribution in [-0.4, -0.2) is 16.9 Å². The van der Waals surface area contributed by atoms with Gasteiger partial charge in [0, 0.05) is 22.6 Å². The fraction of sp³-hybridized carbons (Fsp3) is 0.400. The molecular weight excluding hydrogens is 182 g/mol. The number of rotatable bonds is 1. The van der Waals surface area contributed by atoms with Gasteiger partial charge in [0.05, 0.1) is 0 Å². The van der Waals surface area contributed by atoms with Crippen molar-refractivity contribution in [2.75, 3.05) is 5.75 Å². The second kappa shape index (κ2) is 3.60. The lowest BCUT2D eigenvalue weighted by Gasteiger charge is -2.10. The minimum Gasteiger partial charge on any atom is -0.508 e.